The summed E-state index contributed by atoms with van der Waals surface area (Å²) in [5.41, 5.74) is 0.453. The van der Waals surface area contributed by atoms with Gasteiger partial charge in [-0.05, 0) is 42.5 Å². The zero-order valence-corrected chi connectivity index (χ0v) is 17.4. The van der Waals surface area contributed by atoms with E-state index in [2.05, 4.69) is 30.3 Å². The molecule has 0 spiro atoms. The molecule has 0 saturated heterocycles. The Hall–Kier alpha value is -4.20. The van der Waals surface area contributed by atoms with Crippen molar-refractivity contribution in [3.05, 3.63) is 58.9 Å². The highest BCUT2D eigenvalue weighted by Gasteiger charge is 2.31. The summed E-state index contributed by atoms with van der Waals surface area (Å²) in [4.78, 5) is 23.3. The molecule has 0 unspecified atom stereocenters. The van der Waals surface area contributed by atoms with Gasteiger partial charge in [0.1, 0.15) is 17.8 Å². The third kappa shape index (κ3) is 5.17. The molecule has 0 saturated carbocycles. The quantitative estimate of drug-likeness (QED) is 0.266. The number of anilines is 4. The van der Waals surface area contributed by atoms with Crippen LogP contribution >= 0.6 is 11.3 Å². The van der Waals surface area contributed by atoms with Crippen LogP contribution in [0.25, 0.3) is 10.2 Å². The van der Waals surface area contributed by atoms with Crippen LogP contribution < -0.4 is 20.1 Å². The molecule has 0 bridgehead atoms. The number of hydrogen-bond acceptors (Lipinski definition) is 10. The molecule has 10 nitrogen and oxygen atoms in total. The maximum Gasteiger partial charge on any atom is 0.573 e. The fourth-order valence-corrected chi connectivity index (χ4v) is 3.69. The van der Waals surface area contributed by atoms with E-state index in [1.807, 2.05) is 0 Å². The van der Waals surface area contributed by atoms with Crippen molar-refractivity contribution < 1.29 is 27.6 Å². The molecule has 0 fully saturated rings. The fraction of sp³-hybridized carbons (Fsp3) is 0.105. The van der Waals surface area contributed by atoms with Crippen LogP contribution in [0, 0.1) is 10.1 Å². The van der Waals surface area contributed by atoms with Gasteiger partial charge in [-0.3, -0.25) is 10.1 Å². The SMILES string of the molecule is COc1ccc2nc(Nc3ncnc(Nc4ccc(OC(F)(F)F)cc4)c3[N+](=O)[O-])sc2c1. The Balaban J connectivity index is 1.60. The molecule has 0 radical (unpaired) electrons. The van der Waals surface area contributed by atoms with E-state index < -0.39 is 22.7 Å². The third-order valence-electron chi connectivity index (χ3n) is 4.18. The highest BCUT2D eigenvalue weighted by molar-refractivity contribution is 7.22. The summed E-state index contributed by atoms with van der Waals surface area (Å²) in [7, 11) is 1.54. The van der Waals surface area contributed by atoms with Crippen molar-refractivity contribution in [3.8, 4) is 11.5 Å². The van der Waals surface area contributed by atoms with Gasteiger partial charge in [0.15, 0.2) is 5.13 Å². The summed E-state index contributed by atoms with van der Waals surface area (Å²) >= 11 is 1.25. The average molecular weight is 478 g/mol. The van der Waals surface area contributed by atoms with Crippen molar-refractivity contribution in [1.82, 2.24) is 15.0 Å². The van der Waals surface area contributed by atoms with Crippen LogP contribution in [-0.2, 0) is 0 Å². The van der Waals surface area contributed by atoms with Crippen LogP contribution in [0.4, 0.5) is 41.3 Å². The molecule has 4 aromatic rings. The Bertz CT molecular complexity index is 1310. The zero-order valence-electron chi connectivity index (χ0n) is 16.6. The average Bonchev–Trinajstić information content (AvgIpc) is 3.15. The number of nitrogens with one attached hydrogen (secondary N) is 2. The number of alkyl halides is 3. The molecule has 33 heavy (non-hydrogen) atoms. The number of halogens is 3. The second-order valence-corrected chi connectivity index (χ2v) is 7.38. The zero-order chi connectivity index (χ0) is 23.6. The summed E-state index contributed by atoms with van der Waals surface area (Å²) in [5, 5.41) is 17.7. The number of thiazole rings is 1. The lowest BCUT2D eigenvalue weighted by Gasteiger charge is -2.11. The summed E-state index contributed by atoms with van der Waals surface area (Å²) in [5.74, 6) is -0.0609. The summed E-state index contributed by atoms with van der Waals surface area (Å²) in [6, 6.07) is 9.94. The number of fused-ring (bicyclic) bond motifs is 1. The number of ether oxygens (including phenoxy) is 2. The van der Waals surface area contributed by atoms with Gasteiger partial charge in [-0.2, -0.15) is 0 Å². The van der Waals surface area contributed by atoms with Gasteiger partial charge >= 0.3 is 12.0 Å². The summed E-state index contributed by atoms with van der Waals surface area (Å²) < 4.78 is 46.7. The molecule has 0 aliphatic rings. The lowest BCUT2D eigenvalue weighted by molar-refractivity contribution is -0.383. The second-order valence-electron chi connectivity index (χ2n) is 6.35. The van der Waals surface area contributed by atoms with Crippen molar-refractivity contribution in [2.45, 2.75) is 6.36 Å². The van der Waals surface area contributed by atoms with Crippen LogP contribution in [0.5, 0.6) is 11.5 Å². The molecule has 0 aliphatic carbocycles. The molecule has 14 heteroatoms. The van der Waals surface area contributed by atoms with E-state index >= 15 is 0 Å². The fourth-order valence-electron chi connectivity index (χ4n) is 2.80. The van der Waals surface area contributed by atoms with Gasteiger partial charge in [0, 0.05) is 5.69 Å². The first-order valence-corrected chi connectivity index (χ1v) is 9.87. The number of hydrogen-bond donors (Lipinski definition) is 2. The van der Waals surface area contributed by atoms with Gasteiger partial charge in [0.25, 0.3) is 0 Å². The molecule has 2 N–H and O–H groups in total. The Kier molecular flexibility index (Phi) is 5.83. The van der Waals surface area contributed by atoms with E-state index in [1.54, 1.807) is 18.2 Å². The maximum atomic E-state index is 12.3. The topological polar surface area (TPSA) is 124 Å². The highest BCUT2D eigenvalue weighted by Crippen LogP contribution is 2.36. The van der Waals surface area contributed by atoms with Gasteiger partial charge in [-0.25, -0.2) is 15.0 Å². The largest absolute Gasteiger partial charge is 0.573 e. The van der Waals surface area contributed by atoms with Gasteiger partial charge in [0.05, 0.1) is 22.2 Å². The normalized spacial score (nSPS) is 11.3. The second kappa shape index (κ2) is 8.74. The van der Waals surface area contributed by atoms with Crippen molar-refractivity contribution in [3.63, 3.8) is 0 Å². The Labute approximate surface area is 187 Å². The number of nitrogens with zero attached hydrogens (tertiary/aromatic N) is 4. The van der Waals surface area contributed by atoms with Gasteiger partial charge in [0.2, 0.25) is 11.6 Å². The number of aromatic nitrogens is 3. The molecule has 2 heterocycles. The minimum atomic E-state index is -4.83. The molecule has 0 amide bonds. The lowest BCUT2D eigenvalue weighted by Crippen LogP contribution is -2.17. The molecule has 4 rings (SSSR count). The first-order chi connectivity index (χ1) is 15.7. The van der Waals surface area contributed by atoms with Crippen LogP contribution in [0.15, 0.2) is 48.8 Å². The van der Waals surface area contributed by atoms with Gasteiger partial charge in [-0.1, -0.05) is 11.3 Å². The predicted molar refractivity (Wildman–Crippen MR) is 115 cm³/mol. The third-order valence-corrected chi connectivity index (χ3v) is 5.11. The van der Waals surface area contributed by atoms with Crippen molar-refractivity contribution in [1.29, 1.82) is 0 Å². The number of benzene rings is 2. The molecule has 2 aromatic heterocycles. The molecule has 170 valence electrons. The van der Waals surface area contributed by atoms with Gasteiger partial charge < -0.3 is 20.1 Å². The van der Waals surface area contributed by atoms with Crippen LogP contribution in [-0.4, -0.2) is 33.3 Å². The first kappa shape index (κ1) is 22.0. The highest BCUT2D eigenvalue weighted by atomic mass is 32.1. The Morgan fingerprint density at radius 1 is 1.03 bits per heavy atom. The van der Waals surface area contributed by atoms with E-state index in [0.717, 1.165) is 23.2 Å². The molecule has 0 aliphatic heterocycles. The smallest absolute Gasteiger partial charge is 0.497 e. The van der Waals surface area contributed by atoms with Crippen molar-refractivity contribution >= 4 is 49.7 Å². The van der Waals surface area contributed by atoms with E-state index in [0.29, 0.717) is 16.4 Å². The van der Waals surface area contributed by atoms with Gasteiger partial charge in [-0.15, -0.1) is 13.2 Å². The van der Waals surface area contributed by atoms with Crippen LogP contribution in [0.3, 0.4) is 0 Å². The van der Waals surface area contributed by atoms with E-state index in [-0.39, 0.29) is 17.3 Å². The Morgan fingerprint density at radius 2 is 1.70 bits per heavy atom. The standard InChI is InChI=1S/C19H13F3N6O4S/c1-31-12-6-7-13-14(8-12)33-18(26-13)27-17-15(28(29)30)16(23-9-24-17)25-10-2-4-11(5-3-10)32-19(20,21)22/h2-9H,1H3,(H2,23,24,25,26,27). The summed E-state index contributed by atoms with van der Waals surface area (Å²) in [6.07, 6.45) is -3.72. The summed E-state index contributed by atoms with van der Waals surface area (Å²) in [6.45, 7) is 0. The number of methoxy groups -OCH3 is 1. The first-order valence-electron chi connectivity index (χ1n) is 9.05. The van der Waals surface area contributed by atoms with E-state index in [1.165, 1.54) is 30.6 Å². The molecule has 0 atom stereocenters. The van der Waals surface area contributed by atoms with Crippen LogP contribution in [0.2, 0.25) is 0 Å². The minimum absolute atomic E-state index is 0.111. The maximum absolute atomic E-state index is 12.3. The lowest BCUT2D eigenvalue weighted by atomic mass is 10.3. The van der Waals surface area contributed by atoms with E-state index in [9.17, 15) is 23.3 Å². The minimum Gasteiger partial charge on any atom is -0.497 e. The molecule has 2 aromatic carbocycles. The van der Waals surface area contributed by atoms with Crippen molar-refractivity contribution in [2.75, 3.05) is 17.7 Å². The van der Waals surface area contributed by atoms with Crippen LogP contribution in [0.1, 0.15) is 0 Å². The monoisotopic (exact) mass is 478 g/mol. The molecular weight excluding hydrogens is 465 g/mol. The Morgan fingerprint density at radius 3 is 2.33 bits per heavy atom. The van der Waals surface area contributed by atoms with Crippen molar-refractivity contribution in [2.24, 2.45) is 0 Å². The number of nitro groups is 1. The van der Waals surface area contributed by atoms with E-state index in [4.69, 9.17) is 4.74 Å². The predicted octanol–water partition coefficient (Wildman–Crippen LogP) is 5.39. The number of rotatable bonds is 7. The molecular formula is C19H13F3N6O4S.